The molecule has 98 valence electrons. The van der Waals surface area contributed by atoms with Crippen LogP contribution in [0, 0.1) is 0 Å². The summed E-state index contributed by atoms with van der Waals surface area (Å²) >= 11 is 11.8. The molecule has 18 heavy (non-hydrogen) atoms. The molecule has 0 saturated carbocycles. The van der Waals surface area contributed by atoms with Gasteiger partial charge in [-0.2, -0.15) is 0 Å². The third-order valence-corrected chi connectivity index (χ3v) is 3.80. The molecule has 1 heterocycles. The Hall–Kier alpha value is -0.770. The zero-order valence-corrected chi connectivity index (χ0v) is 11.8. The van der Waals surface area contributed by atoms with Crippen molar-refractivity contribution >= 4 is 29.1 Å². The van der Waals surface area contributed by atoms with Gasteiger partial charge in [-0.1, -0.05) is 29.3 Å². The molecular weight excluding hydrogens is 271 g/mol. The molecule has 2 rings (SSSR count). The van der Waals surface area contributed by atoms with Crippen LogP contribution >= 0.6 is 23.2 Å². The van der Waals surface area contributed by atoms with Crippen LogP contribution in [0.25, 0.3) is 0 Å². The number of hydrogen-bond acceptors (Lipinski definition) is 2. The van der Waals surface area contributed by atoms with Crippen LogP contribution in [0.15, 0.2) is 18.2 Å². The molecule has 0 aromatic heterocycles. The van der Waals surface area contributed by atoms with E-state index in [0.29, 0.717) is 22.5 Å². The second-order valence-corrected chi connectivity index (χ2v) is 5.43. The first kappa shape index (κ1) is 13.7. The first-order valence-electron chi connectivity index (χ1n) is 6.01. The topological polar surface area (TPSA) is 32.3 Å². The molecule has 0 aliphatic carbocycles. The average Bonchev–Trinajstić information content (AvgIpc) is 2.34. The van der Waals surface area contributed by atoms with E-state index in [1.54, 1.807) is 12.1 Å². The van der Waals surface area contributed by atoms with Gasteiger partial charge < -0.3 is 10.2 Å². The maximum Gasteiger partial charge on any atom is 0.227 e. The normalized spacial score (nSPS) is 19.9. The van der Waals surface area contributed by atoms with Gasteiger partial charge in [0.1, 0.15) is 0 Å². The van der Waals surface area contributed by atoms with Gasteiger partial charge in [-0.25, -0.2) is 0 Å². The summed E-state index contributed by atoms with van der Waals surface area (Å²) in [5.74, 6) is 0.140. The van der Waals surface area contributed by atoms with Crippen molar-refractivity contribution in [3.8, 4) is 0 Å². The molecule has 0 radical (unpaired) electrons. The van der Waals surface area contributed by atoms with Gasteiger partial charge in [-0.05, 0) is 24.6 Å². The van der Waals surface area contributed by atoms with E-state index in [0.717, 1.165) is 25.2 Å². The maximum atomic E-state index is 12.1. The van der Waals surface area contributed by atoms with Crippen molar-refractivity contribution in [1.29, 1.82) is 0 Å². The van der Waals surface area contributed by atoms with Crippen LogP contribution < -0.4 is 5.32 Å². The van der Waals surface area contributed by atoms with E-state index in [1.807, 2.05) is 11.0 Å². The summed E-state index contributed by atoms with van der Waals surface area (Å²) in [4.78, 5) is 14.0. The van der Waals surface area contributed by atoms with Crippen LogP contribution in [-0.2, 0) is 11.2 Å². The molecule has 1 fully saturated rings. The molecule has 1 aromatic carbocycles. The van der Waals surface area contributed by atoms with Crippen molar-refractivity contribution in [2.24, 2.45) is 0 Å². The second kappa shape index (κ2) is 5.91. The summed E-state index contributed by atoms with van der Waals surface area (Å²) in [6.07, 6.45) is 0.379. The van der Waals surface area contributed by atoms with Crippen LogP contribution in [0.4, 0.5) is 0 Å². The highest BCUT2D eigenvalue weighted by Crippen LogP contribution is 2.23. The molecule has 0 spiro atoms. The SMILES string of the molecule is C[C@H]1CN(C(=O)Cc2ccc(Cl)c(Cl)c2)CCN1. The average molecular weight is 287 g/mol. The van der Waals surface area contributed by atoms with Gasteiger partial charge in [-0.15, -0.1) is 0 Å². The fourth-order valence-corrected chi connectivity index (χ4v) is 2.42. The number of hydrogen-bond donors (Lipinski definition) is 1. The molecule has 0 bridgehead atoms. The van der Waals surface area contributed by atoms with Gasteiger partial charge in [0.05, 0.1) is 16.5 Å². The number of nitrogens with one attached hydrogen (secondary N) is 1. The van der Waals surface area contributed by atoms with Crippen LogP contribution in [-0.4, -0.2) is 36.5 Å². The summed E-state index contributed by atoms with van der Waals surface area (Å²) in [5.41, 5.74) is 0.903. The van der Waals surface area contributed by atoms with E-state index in [4.69, 9.17) is 23.2 Å². The highest BCUT2D eigenvalue weighted by molar-refractivity contribution is 6.42. The Morgan fingerprint density at radius 2 is 2.22 bits per heavy atom. The van der Waals surface area contributed by atoms with E-state index < -0.39 is 0 Å². The van der Waals surface area contributed by atoms with Crippen LogP contribution in [0.3, 0.4) is 0 Å². The lowest BCUT2D eigenvalue weighted by molar-refractivity contribution is -0.131. The minimum atomic E-state index is 0.140. The molecular formula is C13H16Cl2N2O. The van der Waals surface area contributed by atoms with Crippen LogP contribution in [0.1, 0.15) is 12.5 Å². The number of benzene rings is 1. The molecule has 1 saturated heterocycles. The Morgan fingerprint density at radius 1 is 1.44 bits per heavy atom. The highest BCUT2D eigenvalue weighted by atomic mass is 35.5. The number of carbonyl (C=O) groups is 1. The number of rotatable bonds is 2. The Kier molecular flexibility index (Phi) is 4.49. The number of amides is 1. The Bertz CT molecular complexity index is 451. The molecule has 3 nitrogen and oxygen atoms in total. The number of piperazine rings is 1. The summed E-state index contributed by atoms with van der Waals surface area (Å²) in [5, 5.41) is 4.33. The van der Waals surface area contributed by atoms with Crippen molar-refractivity contribution in [1.82, 2.24) is 10.2 Å². The van der Waals surface area contributed by atoms with Crippen molar-refractivity contribution in [3.63, 3.8) is 0 Å². The molecule has 1 aromatic rings. The van der Waals surface area contributed by atoms with Crippen molar-refractivity contribution < 1.29 is 4.79 Å². The maximum absolute atomic E-state index is 12.1. The molecule has 5 heteroatoms. The third kappa shape index (κ3) is 3.37. The molecule has 1 amide bonds. The molecule has 1 N–H and O–H groups in total. The van der Waals surface area contributed by atoms with Crippen molar-refractivity contribution in [3.05, 3.63) is 33.8 Å². The molecule has 1 aliphatic rings. The minimum Gasteiger partial charge on any atom is -0.340 e. The van der Waals surface area contributed by atoms with Gasteiger partial charge in [0.2, 0.25) is 5.91 Å². The quantitative estimate of drug-likeness (QED) is 0.905. The van der Waals surface area contributed by atoms with Crippen LogP contribution in [0.5, 0.6) is 0 Å². The zero-order valence-electron chi connectivity index (χ0n) is 10.2. The smallest absolute Gasteiger partial charge is 0.227 e. The van der Waals surface area contributed by atoms with E-state index in [1.165, 1.54) is 0 Å². The highest BCUT2D eigenvalue weighted by Gasteiger charge is 2.20. The van der Waals surface area contributed by atoms with Gasteiger partial charge >= 0.3 is 0 Å². The third-order valence-electron chi connectivity index (χ3n) is 3.06. The summed E-state index contributed by atoms with van der Waals surface area (Å²) in [6, 6.07) is 5.69. The van der Waals surface area contributed by atoms with Gasteiger partial charge in [0, 0.05) is 25.7 Å². The predicted molar refractivity (Wildman–Crippen MR) is 74.2 cm³/mol. The summed E-state index contributed by atoms with van der Waals surface area (Å²) in [7, 11) is 0. The monoisotopic (exact) mass is 286 g/mol. The first-order chi connectivity index (χ1) is 8.56. The lowest BCUT2D eigenvalue weighted by atomic mass is 10.1. The Morgan fingerprint density at radius 3 is 2.89 bits per heavy atom. The largest absolute Gasteiger partial charge is 0.340 e. The predicted octanol–water partition coefficient (Wildman–Crippen LogP) is 2.36. The van der Waals surface area contributed by atoms with E-state index in [-0.39, 0.29) is 5.91 Å². The van der Waals surface area contributed by atoms with Gasteiger partial charge in [0.15, 0.2) is 0 Å². The summed E-state index contributed by atoms with van der Waals surface area (Å²) < 4.78 is 0. The molecule has 0 unspecified atom stereocenters. The van der Waals surface area contributed by atoms with E-state index >= 15 is 0 Å². The second-order valence-electron chi connectivity index (χ2n) is 4.62. The van der Waals surface area contributed by atoms with Gasteiger partial charge in [0.25, 0.3) is 0 Å². The van der Waals surface area contributed by atoms with Crippen molar-refractivity contribution in [2.45, 2.75) is 19.4 Å². The van der Waals surface area contributed by atoms with Gasteiger partial charge in [-0.3, -0.25) is 4.79 Å². The van der Waals surface area contributed by atoms with Crippen LogP contribution in [0.2, 0.25) is 10.0 Å². The number of halogens is 2. The summed E-state index contributed by atoms with van der Waals surface area (Å²) in [6.45, 7) is 4.47. The number of nitrogens with zero attached hydrogens (tertiary/aromatic N) is 1. The van der Waals surface area contributed by atoms with Crippen molar-refractivity contribution in [2.75, 3.05) is 19.6 Å². The standard InChI is InChI=1S/C13H16Cl2N2O/c1-9-8-17(5-4-16-9)13(18)7-10-2-3-11(14)12(15)6-10/h2-3,6,9,16H,4-5,7-8H2,1H3/t9-/m0/s1. The fourth-order valence-electron chi connectivity index (χ4n) is 2.09. The lowest BCUT2D eigenvalue weighted by Crippen LogP contribution is -2.51. The molecule has 1 aliphatic heterocycles. The van der Waals surface area contributed by atoms with E-state index in [9.17, 15) is 4.79 Å². The Labute approximate surface area is 117 Å². The number of carbonyl (C=O) groups excluding carboxylic acids is 1. The van der Waals surface area contributed by atoms with E-state index in [2.05, 4.69) is 12.2 Å². The fraction of sp³-hybridized carbons (Fsp3) is 0.462. The minimum absolute atomic E-state index is 0.140. The zero-order chi connectivity index (χ0) is 13.1. The molecule has 1 atom stereocenters. The Balaban J connectivity index is 2.00. The lowest BCUT2D eigenvalue weighted by Gasteiger charge is -2.32. The first-order valence-corrected chi connectivity index (χ1v) is 6.77.